The highest BCUT2D eigenvalue weighted by molar-refractivity contribution is 7.80. The van der Waals surface area contributed by atoms with Crippen molar-refractivity contribution in [3.8, 4) is 0 Å². The van der Waals surface area contributed by atoms with Crippen molar-refractivity contribution in [2.24, 2.45) is 5.73 Å². The molecule has 2 rings (SSSR count). The molecule has 1 fully saturated rings. The van der Waals surface area contributed by atoms with Crippen molar-refractivity contribution in [3.63, 3.8) is 0 Å². The zero-order valence-electron chi connectivity index (χ0n) is 10.5. The maximum Gasteiger partial charge on any atom is 0.103 e. The first-order valence-electron chi connectivity index (χ1n) is 6.44. The quantitative estimate of drug-likeness (QED) is 0.812. The van der Waals surface area contributed by atoms with Crippen LogP contribution >= 0.6 is 12.2 Å². The van der Waals surface area contributed by atoms with Gasteiger partial charge in [0.1, 0.15) is 4.99 Å². The molecule has 0 bridgehead atoms. The number of piperidine rings is 1. The number of thiocarbonyl (C=S) groups is 1. The lowest BCUT2D eigenvalue weighted by Crippen LogP contribution is -2.41. The summed E-state index contributed by atoms with van der Waals surface area (Å²) in [5, 5.41) is 9.40. The van der Waals surface area contributed by atoms with Crippen molar-refractivity contribution in [2.45, 2.75) is 31.8 Å². The van der Waals surface area contributed by atoms with E-state index in [1.165, 1.54) is 18.4 Å². The fourth-order valence-electron chi connectivity index (χ4n) is 2.53. The summed E-state index contributed by atoms with van der Waals surface area (Å²) in [6.45, 7) is 2.17. The molecule has 0 spiro atoms. The zero-order chi connectivity index (χ0) is 13.0. The molecule has 1 heterocycles. The summed E-state index contributed by atoms with van der Waals surface area (Å²) in [5.74, 6) is 0. The van der Waals surface area contributed by atoms with Gasteiger partial charge in [0.05, 0.1) is 6.61 Å². The van der Waals surface area contributed by atoms with Gasteiger partial charge in [-0.15, -0.1) is 0 Å². The van der Waals surface area contributed by atoms with Crippen LogP contribution in [0, 0.1) is 0 Å². The Hall–Kier alpha value is -0.970. The van der Waals surface area contributed by atoms with E-state index in [9.17, 15) is 5.11 Å². The molecule has 4 heteroatoms. The lowest BCUT2D eigenvalue weighted by atomic mass is 10.0. The van der Waals surface area contributed by atoms with Crippen LogP contribution in [0.15, 0.2) is 24.3 Å². The van der Waals surface area contributed by atoms with E-state index in [1.54, 1.807) is 0 Å². The molecule has 0 amide bonds. The van der Waals surface area contributed by atoms with Gasteiger partial charge in [-0.1, -0.05) is 36.8 Å². The van der Waals surface area contributed by atoms with Gasteiger partial charge in [-0.25, -0.2) is 0 Å². The summed E-state index contributed by atoms with van der Waals surface area (Å²) in [7, 11) is 0. The first-order chi connectivity index (χ1) is 8.70. The van der Waals surface area contributed by atoms with E-state index in [0.29, 0.717) is 11.0 Å². The Balaban J connectivity index is 2.07. The number of nitrogens with zero attached hydrogens (tertiary/aromatic N) is 1. The largest absolute Gasteiger partial charge is 0.395 e. The molecule has 1 unspecified atom stereocenters. The molecule has 1 aromatic carbocycles. The number of nitrogens with two attached hydrogens (primary N) is 1. The van der Waals surface area contributed by atoms with Crippen LogP contribution in [0.4, 0.5) is 0 Å². The number of rotatable bonds is 4. The fraction of sp³-hybridized carbons (Fsp3) is 0.500. The summed E-state index contributed by atoms with van der Waals surface area (Å²) in [4.78, 5) is 2.79. The average Bonchev–Trinajstić information content (AvgIpc) is 2.39. The highest BCUT2D eigenvalue weighted by atomic mass is 32.1. The maximum atomic E-state index is 9.40. The van der Waals surface area contributed by atoms with E-state index < -0.39 is 0 Å². The van der Waals surface area contributed by atoms with Crippen LogP contribution in [0.2, 0.25) is 0 Å². The van der Waals surface area contributed by atoms with Crippen molar-refractivity contribution >= 4 is 17.2 Å². The van der Waals surface area contributed by atoms with Crippen LogP contribution in [-0.2, 0) is 6.54 Å². The molecule has 1 aliphatic rings. The van der Waals surface area contributed by atoms with Gasteiger partial charge < -0.3 is 10.8 Å². The minimum atomic E-state index is 0.245. The molecule has 98 valence electrons. The summed E-state index contributed by atoms with van der Waals surface area (Å²) in [6.07, 6.45) is 3.52. The molecule has 1 aromatic rings. The Kier molecular flexibility index (Phi) is 4.69. The average molecular weight is 264 g/mol. The molecule has 3 nitrogen and oxygen atoms in total. The molecule has 1 saturated heterocycles. The van der Waals surface area contributed by atoms with E-state index in [0.717, 1.165) is 25.1 Å². The lowest BCUT2D eigenvalue weighted by Gasteiger charge is -2.34. The third-order valence-electron chi connectivity index (χ3n) is 3.56. The number of benzene rings is 1. The van der Waals surface area contributed by atoms with Gasteiger partial charge in [-0.05, 0) is 31.0 Å². The van der Waals surface area contributed by atoms with Crippen molar-refractivity contribution < 1.29 is 5.11 Å². The van der Waals surface area contributed by atoms with Crippen LogP contribution in [0.25, 0.3) is 0 Å². The Morgan fingerprint density at radius 3 is 3.00 bits per heavy atom. The Morgan fingerprint density at radius 2 is 2.28 bits per heavy atom. The molecule has 0 aliphatic carbocycles. The molecular formula is C14H20N2OS. The van der Waals surface area contributed by atoms with E-state index in [4.69, 9.17) is 18.0 Å². The SMILES string of the molecule is NC(=S)c1cccc(CN2CCCCC2CO)c1. The molecule has 1 atom stereocenters. The Bertz CT molecular complexity index is 422. The molecule has 0 saturated carbocycles. The highest BCUT2D eigenvalue weighted by Crippen LogP contribution is 2.19. The van der Waals surface area contributed by atoms with Gasteiger partial charge >= 0.3 is 0 Å². The predicted molar refractivity (Wildman–Crippen MR) is 77.5 cm³/mol. The van der Waals surface area contributed by atoms with Crippen LogP contribution in [0.1, 0.15) is 30.4 Å². The molecule has 0 aromatic heterocycles. The van der Waals surface area contributed by atoms with Gasteiger partial charge in [-0.3, -0.25) is 4.90 Å². The second-order valence-corrected chi connectivity index (χ2v) is 5.31. The van der Waals surface area contributed by atoms with E-state index in [1.807, 2.05) is 18.2 Å². The maximum absolute atomic E-state index is 9.40. The van der Waals surface area contributed by atoms with Gasteiger partial charge in [0, 0.05) is 18.2 Å². The van der Waals surface area contributed by atoms with Crippen LogP contribution < -0.4 is 5.73 Å². The van der Waals surface area contributed by atoms with Gasteiger partial charge in [0.25, 0.3) is 0 Å². The summed E-state index contributed by atoms with van der Waals surface area (Å²) >= 11 is 5.00. The van der Waals surface area contributed by atoms with Crippen LogP contribution in [0.3, 0.4) is 0 Å². The minimum Gasteiger partial charge on any atom is -0.395 e. The van der Waals surface area contributed by atoms with Crippen molar-refractivity contribution in [1.82, 2.24) is 4.90 Å². The van der Waals surface area contributed by atoms with Gasteiger partial charge in [0.15, 0.2) is 0 Å². The second kappa shape index (κ2) is 6.27. The first-order valence-corrected chi connectivity index (χ1v) is 6.85. The van der Waals surface area contributed by atoms with Gasteiger partial charge in [0.2, 0.25) is 0 Å². The highest BCUT2D eigenvalue weighted by Gasteiger charge is 2.21. The Morgan fingerprint density at radius 1 is 1.44 bits per heavy atom. The standard InChI is InChI=1S/C14H20N2OS/c15-14(18)12-5-3-4-11(8-12)9-16-7-2-1-6-13(16)10-17/h3-5,8,13,17H,1-2,6-7,9-10H2,(H2,15,18). The number of hydrogen-bond donors (Lipinski definition) is 2. The second-order valence-electron chi connectivity index (χ2n) is 4.87. The van der Waals surface area contributed by atoms with E-state index in [-0.39, 0.29) is 6.61 Å². The van der Waals surface area contributed by atoms with Crippen molar-refractivity contribution in [2.75, 3.05) is 13.2 Å². The molecule has 3 N–H and O–H groups in total. The van der Waals surface area contributed by atoms with Crippen LogP contribution in [0.5, 0.6) is 0 Å². The van der Waals surface area contributed by atoms with E-state index >= 15 is 0 Å². The predicted octanol–water partition coefficient (Wildman–Crippen LogP) is 1.67. The summed E-state index contributed by atoms with van der Waals surface area (Å²) in [6, 6.07) is 8.36. The number of hydrogen-bond acceptors (Lipinski definition) is 3. The van der Waals surface area contributed by atoms with Crippen molar-refractivity contribution in [3.05, 3.63) is 35.4 Å². The van der Waals surface area contributed by atoms with Crippen LogP contribution in [-0.4, -0.2) is 34.2 Å². The summed E-state index contributed by atoms with van der Waals surface area (Å²) < 4.78 is 0. The summed E-state index contributed by atoms with van der Waals surface area (Å²) in [5.41, 5.74) is 7.77. The third kappa shape index (κ3) is 3.28. The van der Waals surface area contributed by atoms with Crippen molar-refractivity contribution in [1.29, 1.82) is 0 Å². The minimum absolute atomic E-state index is 0.245. The normalized spacial score (nSPS) is 20.8. The molecule has 18 heavy (non-hydrogen) atoms. The van der Waals surface area contributed by atoms with Gasteiger partial charge in [-0.2, -0.15) is 0 Å². The zero-order valence-corrected chi connectivity index (χ0v) is 11.3. The van der Waals surface area contributed by atoms with E-state index in [2.05, 4.69) is 11.0 Å². The third-order valence-corrected chi connectivity index (χ3v) is 3.79. The number of aliphatic hydroxyl groups excluding tert-OH is 1. The fourth-order valence-corrected chi connectivity index (χ4v) is 2.66. The molecular weight excluding hydrogens is 244 g/mol. The number of likely N-dealkylation sites (tertiary alicyclic amines) is 1. The monoisotopic (exact) mass is 264 g/mol. The topological polar surface area (TPSA) is 49.5 Å². The first kappa shape index (κ1) is 13.5. The smallest absolute Gasteiger partial charge is 0.103 e. The molecule has 1 aliphatic heterocycles. The lowest BCUT2D eigenvalue weighted by molar-refractivity contribution is 0.0841. The number of aliphatic hydroxyl groups is 1. The molecule has 0 radical (unpaired) electrons. The Labute approximate surface area is 114 Å².